The minimum absolute atomic E-state index is 0.0862. The van der Waals surface area contributed by atoms with Gasteiger partial charge in [0.2, 0.25) is 10.0 Å². The van der Waals surface area contributed by atoms with Crippen molar-refractivity contribution in [2.45, 2.75) is 38.5 Å². The number of sulfonamides is 1. The number of nitrogens with one attached hydrogen (secondary N) is 1. The molecule has 25 heavy (non-hydrogen) atoms. The molecule has 1 saturated heterocycles. The van der Waals surface area contributed by atoms with Crippen LogP contribution in [0.5, 0.6) is 0 Å². The molecular weight excluding hydrogens is 332 g/mol. The van der Waals surface area contributed by atoms with Gasteiger partial charge in [-0.05, 0) is 49.4 Å². The quantitative estimate of drug-likeness (QED) is 0.886. The van der Waals surface area contributed by atoms with E-state index < -0.39 is 10.0 Å². The smallest absolute Gasteiger partial charge is 0.218 e. The molecule has 0 aromatic heterocycles. The molecule has 4 nitrogen and oxygen atoms in total. The number of rotatable bonds is 5. The summed E-state index contributed by atoms with van der Waals surface area (Å²) in [5.74, 6) is 0.0862. The summed E-state index contributed by atoms with van der Waals surface area (Å²) < 4.78 is 26.9. The van der Waals surface area contributed by atoms with Crippen molar-refractivity contribution in [3.8, 4) is 0 Å². The predicted molar refractivity (Wildman–Crippen MR) is 103 cm³/mol. The Morgan fingerprint density at radius 1 is 1.04 bits per heavy atom. The van der Waals surface area contributed by atoms with Crippen LogP contribution in [-0.2, 0) is 15.8 Å². The van der Waals surface area contributed by atoms with Crippen LogP contribution in [0.4, 0.5) is 5.69 Å². The Hall–Kier alpha value is -1.85. The van der Waals surface area contributed by atoms with E-state index in [0.717, 1.165) is 24.1 Å². The molecule has 3 rings (SSSR count). The Morgan fingerprint density at radius 3 is 2.40 bits per heavy atom. The lowest BCUT2D eigenvalue weighted by atomic mass is 10.0. The van der Waals surface area contributed by atoms with Gasteiger partial charge in [-0.1, -0.05) is 42.5 Å². The maximum Gasteiger partial charge on any atom is 0.218 e. The van der Waals surface area contributed by atoms with Crippen molar-refractivity contribution in [2.24, 2.45) is 0 Å². The zero-order chi connectivity index (χ0) is 17.9. The summed E-state index contributed by atoms with van der Waals surface area (Å²) in [6, 6.07) is 16.1. The summed E-state index contributed by atoms with van der Waals surface area (Å²) in [5, 5.41) is 3.59. The molecule has 1 heterocycles. The molecule has 0 amide bonds. The van der Waals surface area contributed by atoms with E-state index in [1.807, 2.05) is 30.3 Å². The first-order valence-electron chi connectivity index (χ1n) is 8.79. The zero-order valence-corrected chi connectivity index (χ0v) is 15.7. The van der Waals surface area contributed by atoms with Crippen molar-refractivity contribution in [1.29, 1.82) is 0 Å². The fourth-order valence-electron chi connectivity index (χ4n) is 3.27. The molecule has 1 fully saturated rings. The number of anilines is 1. The van der Waals surface area contributed by atoms with Crippen molar-refractivity contribution in [3.05, 3.63) is 65.2 Å². The van der Waals surface area contributed by atoms with E-state index in [-0.39, 0.29) is 5.75 Å². The summed E-state index contributed by atoms with van der Waals surface area (Å²) in [4.78, 5) is 0. The average Bonchev–Trinajstić information content (AvgIpc) is 2.59. The maximum atomic E-state index is 12.6. The fraction of sp³-hybridized carbons (Fsp3) is 0.400. The minimum atomic E-state index is -3.24. The van der Waals surface area contributed by atoms with E-state index in [9.17, 15) is 8.42 Å². The maximum absolute atomic E-state index is 12.6. The van der Waals surface area contributed by atoms with Gasteiger partial charge >= 0.3 is 0 Å². The highest BCUT2D eigenvalue weighted by Crippen LogP contribution is 2.23. The van der Waals surface area contributed by atoms with Gasteiger partial charge in [-0.15, -0.1) is 0 Å². The van der Waals surface area contributed by atoms with Gasteiger partial charge in [0.15, 0.2) is 0 Å². The first-order valence-corrected chi connectivity index (χ1v) is 10.4. The van der Waals surface area contributed by atoms with Crippen molar-refractivity contribution in [2.75, 3.05) is 18.4 Å². The van der Waals surface area contributed by atoms with Gasteiger partial charge in [0.25, 0.3) is 0 Å². The van der Waals surface area contributed by atoms with Gasteiger partial charge in [-0.25, -0.2) is 12.7 Å². The number of benzene rings is 2. The van der Waals surface area contributed by atoms with Gasteiger partial charge in [-0.3, -0.25) is 0 Å². The molecule has 0 atom stereocenters. The Bertz CT molecular complexity index is 811. The molecule has 2 aromatic rings. The van der Waals surface area contributed by atoms with Crippen LogP contribution in [0.3, 0.4) is 0 Å². The van der Waals surface area contributed by atoms with Gasteiger partial charge < -0.3 is 5.32 Å². The Morgan fingerprint density at radius 2 is 1.72 bits per heavy atom. The molecular formula is C20H26N2O2S. The lowest BCUT2D eigenvalue weighted by Crippen LogP contribution is -2.42. The van der Waals surface area contributed by atoms with Crippen LogP contribution in [0.15, 0.2) is 48.5 Å². The predicted octanol–water partition coefficient (Wildman–Crippen LogP) is 3.71. The number of aryl methyl sites for hydroxylation is 2. The largest absolute Gasteiger partial charge is 0.382 e. The lowest BCUT2D eigenvalue weighted by molar-refractivity contribution is 0.329. The third-order valence-corrected chi connectivity index (χ3v) is 6.64. The van der Waals surface area contributed by atoms with Crippen LogP contribution in [-0.4, -0.2) is 31.9 Å². The van der Waals surface area contributed by atoms with Crippen LogP contribution in [0.2, 0.25) is 0 Å². The van der Waals surface area contributed by atoms with Gasteiger partial charge in [0, 0.05) is 24.8 Å². The molecule has 0 saturated carbocycles. The van der Waals surface area contributed by atoms with Crippen LogP contribution in [0.1, 0.15) is 29.5 Å². The number of nitrogens with zero attached hydrogens (tertiary/aromatic N) is 1. The monoisotopic (exact) mass is 358 g/mol. The van der Waals surface area contributed by atoms with Crippen LogP contribution >= 0.6 is 0 Å². The second kappa shape index (κ2) is 7.58. The summed E-state index contributed by atoms with van der Waals surface area (Å²) >= 11 is 0. The molecule has 0 bridgehead atoms. The number of hydrogen-bond acceptors (Lipinski definition) is 3. The van der Waals surface area contributed by atoms with E-state index in [2.05, 4.69) is 37.4 Å². The molecule has 0 radical (unpaired) electrons. The van der Waals surface area contributed by atoms with E-state index in [1.165, 1.54) is 11.1 Å². The summed E-state index contributed by atoms with van der Waals surface area (Å²) in [7, 11) is -3.24. The SMILES string of the molecule is Cc1ccc(C)c(NC2CCN(S(=O)(=O)Cc3ccccc3)CC2)c1. The highest BCUT2D eigenvalue weighted by atomic mass is 32.2. The minimum Gasteiger partial charge on any atom is -0.382 e. The van der Waals surface area contributed by atoms with Crippen LogP contribution < -0.4 is 5.32 Å². The molecule has 1 aliphatic heterocycles. The van der Waals surface area contributed by atoms with Crippen molar-refractivity contribution >= 4 is 15.7 Å². The molecule has 0 unspecified atom stereocenters. The summed E-state index contributed by atoms with van der Waals surface area (Å²) in [6.45, 7) is 5.35. The van der Waals surface area contributed by atoms with Crippen molar-refractivity contribution < 1.29 is 8.42 Å². The topological polar surface area (TPSA) is 49.4 Å². The lowest BCUT2D eigenvalue weighted by Gasteiger charge is -2.32. The first-order chi connectivity index (χ1) is 11.9. The third-order valence-electron chi connectivity index (χ3n) is 4.79. The molecule has 0 aliphatic carbocycles. The van der Waals surface area contributed by atoms with Crippen LogP contribution in [0, 0.1) is 13.8 Å². The van der Waals surface area contributed by atoms with Gasteiger partial charge in [0.05, 0.1) is 5.75 Å². The highest BCUT2D eigenvalue weighted by Gasteiger charge is 2.28. The van der Waals surface area contributed by atoms with Crippen molar-refractivity contribution in [3.63, 3.8) is 0 Å². The summed E-state index contributed by atoms with van der Waals surface area (Å²) in [6.07, 6.45) is 1.67. The molecule has 1 aliphatic rings. The van der Waals surface area contributed by atoms with Gasteiger partial charge in [0.1, 0.15) is 0 Å². The fourth-order valence-corrected chi connectivity index (χ4v) is 4.83. The standard InChI is InChI=1S/C20H26N2O2S/c1-16-8-9-17(2)20(14-16)21-19-10-12-22(13-11-19)25(23,24)15-18-6-4-3-5-7-18/h3-9,14,19,21H,10-13,15H2,1-2H3. The van der Waals surface area contributed by atoms with Crippen molar-refractivity contribution in [1.82, 2.24) is 4.31 Å². The van der Waals surface area contributed by atoms with Gasteiger partial charge in [-0.2, -0.15) is 0 Å². The number of hydrogen-bond donors (Lipinski definition) is 1. The zero-order valence-electron chi connectivity index (χ0n) is 14.9. The Labute approximate surface area is 150 Å². The highest BCUT2D eigenvalue weighted by molar-refractivity contribution is 7.88. The first kappa shape index (κ1) is 18.0. The molecule has 2 aromatic carbocycles. The second-order valence-electron chi connectivity index (χ2n) is 6.88. The third kappa shape index (κ3) is 4.61. The Kier molecular flexibility index (Phi) is 5.45. The van der Waals surface area contributed by atoms with E-state index >= 15 is 0 Å². The molecule has 0 spiro atoms. The summed E-state index contributed by atoms with van der Waals surface area (Å²) in [5.41, 5.74) is 4.46. The normalized spacial score (nSPS) is 16.7. The number of piperidine rings is 1. The van der Waals surface area contributed by atoms with E-state index in [0.29, 0.717) is 19.1 Å². The average molecular weight is 359 g/mol. The molecule has 1 N–H and O–H groups in total. The Balaban J connectivity index is 1.59. The van der Waals surface area contributed by atoms with E-state index in [1.54, 1.807) is 4.31 Å². The molecule has 134 valence electrons. The van der Waals surface area contributed by atoms with E-state index in [4.69, 9.17) is 0 Å². The van der Waals surface area contributed by atoms with Crippen LogP contribution in [0.25, 0.3) is 0 Å². The second-order valence-corrected chi connectivity index (χ2v) is 8.85. The molecule has 5 heteroatoms.